The highest BCUT2D eigenvalue weighted by molar-refractivity contribution is 5.92. The number of hydrogen-bond donors (Lipinski definition) is 2. The number of nitrogens with one attached hydrogen (secondary N) is 2. The highest BCUT2D eigenvalue weighted by atomic mass is 35.5. The van der Waals surface area contributed by atoms with Gasteiger partial charge in [0.1, 0.15) is 5.69 Å². The van der Waals surface area contributed by atoms with Crippen molar-refractivity contribution in [1.29, 1.82) is 0 Å². The van der Waals surface area contributed by atoms with E-state index in [-0.39, 0.29) is 24.4 Å². The van der Waals surface area contributed by atoms with Crippen LogP contribution in [0.3, 0.4) is 0 Å². The topological polar surface area (TPSA) is 62.2 Å². The molecule has 0 radical (unpaired) electrons. The van der Waals surface area contributed by atoms with E-state index in [0.717, 1.165) is 44.6 Å². The van der Waals surface area contributed by atoms with Gasteiger partial charge < -0.3 is 15.5 Å². The van der Waals surface area contributed by atoms with Gasteiger partial charge in [-0.1, -0.05) is 12.1 Å². The van der Waals surface area contributed by atoms with E-state index in [0.29, 0.717) is 11.7 Å². The molecule has 0 aliphatic carbocycles. The average molecular weight is 404 g/mol. The van der Waals surface area contributed by atoms with Crippen LogP contribution in [0.4, 0.5) is 5.69 Å². The second-order valence-electron chi connectivity index (χ2n) is 7.67. The van der Waals surface area contributed by atoms with Gasteiger partial charge in [-0.25, -0.2) is 0 Å². The predicted octanol–water partition coefficient (Wildman–Crippen LogP) is 3.32. The van der Waals surface area contributed by atoms with Gasteiger partial charge in [0, 0.05) is 31.5 Å². The fourth-order valence-electron chi connectivity index (χ4n) is 4.04. The number of carbonyl (C=O) groups is 1. The number of halogens is 1. The molecule has 2 saturated heterocycles. The Bertz CT molecular complexity index is 781. The SMILES string of the molecule is CC(NC(=O)c1ccn(C2CCCNC2)n1)c1cccc(N2CCCC2)c1.Cl. The van der Waals surface area contributed by atoms with E-state index in [1.807, 2.05) is 23.9 Å². The second kappa shape index (κ2) is 9.43. The lowest BCUT2D eigenvalue weighted by molar-refractivity contribution is 0.0933. The zero-order chi connectivity index (χ0) is 18.6. The predicted molar refractivity (Wildman–Crippen MR) is 114 cm³/mol. The number of rotatable bonds is 5. The van der Waals surface area contributed by atoms with E-state index in [1.54, 1.807) is 0 Å². The molecule has 2 aliphatic rings. The number of piperidine rings is 1. The monoisotopic (exact) mass is 403 g/mol. The third kappa shape index (κ3) is 4.67. The molecule has 2 fully saturated rings. The molecule has 1 aromatic carbocycles. The van der Waals surface area contributed by atoms with Crippen LogP contribution in [-0.4, -0.2) is 41.9 Å². The van der Waals surface area contributed by atoms with Crippen LogP contribution in [0.15, 0.2) is 36.5 Å². The first-order valence-electron chi connectivity index (χ1n) is 10.1. The van der Waals surface area contributed by atoms with Crippen molar-refractivity contribution in [3.05, 3.63) is 47.8 Å². The smallest absolute Gasteiger partial charge is 0.272 e. The number of aromatic nitrogens is 2. The molecule has 0 spiro atoms. The molecule has 7 heteroatoms. The first kappa shape index (κ1) is 20.7. The molecule has 0 saturated carbocycles. The number of benzene rings is 1. The lowest BCUT2D eigenvalue weighted by Gasteiger charge is -2.23. The summed E-state index contributed by atoms with van der Waals surface area (Å²) >= 11 is 0. The standard InChI is InChI=1S/C21H29N5O.ClH/c1-16(17-6-4-7-18(14-17)25-11-2-3-12-25)23-21(27)20-9-13-26(24-20)19-8-5-10-22-15-19;/h4,6-7,9,13-14,16,19,22H,2-3,5,8,10-12,15H2,1H3,(H,23,27);1H. The summed E-state index contributed by atoms with van der Waals surface area (Å²) in [6.07, 6.45) is 6.70. The summed E-state index contributed by atoms with van der Waals surface area (Å²) in [5.41, 5.74) is 2.87. The van der Waals surface area contributed by atoms with Crippen molar-refractivity contribution in [2.75, 3.05) is 31.1 Å². The summed E-state index contributed by atoms with van der Waals surface area (Å²) in [6, 6.07) is 10.6. The van der Waals surface area contributed by atoms with Crippen LogP contribution in [0.25, 0.3) is 0 Å². The molecule has 2 atom stereocenters. The van der Waals surface area contributed by atoms with Crippen LogP contribution < -0.4 is 15.5 Å². The Morgan fingerprint density at radius 2 is 2.07 bits per heavy atom. The van der Waals surface area contributed by atoms with Gasteiger partial charge >= 0.3 is 0 Å². The largest absolute Gasteiger partial charge is 0.372 e. The minimum atomic E-state index is -0.114. The Kier molecular flexibility index (Phi) is 6.97. The van der Waals surface area contributed by atoms with Gasteiger partial charge in [-0.2, -0.15) is 5.10 Å². The Balaban J connectivity index is 0.00000225. The molecule has 4 rings (SSSR count). The molecule has 2 aromatic rings. The third-order valence-corrected chi connectivity index (χ3v) is 5.67. The van der Waals surface area contributed by atoms with Gasteiger partial charge in [-0.05, 0) is 62.9 Å². The summed E-state index contributed by atoms with van der Waals surface area (Å²) in [7, 11) is 0. The lowest BCUT2D eigenvalue weighted by Crippen LogP contribution is -2.32. The number of nitrogens with zero attached hydrogens (tertiary/aromatic N) is 3. The van der Waals surface area contributed by atoms with Crippen LogP contribution in [0.5, 0.6) is 0 Å². The zero-order valence-electron chi connectivity index (χ0n) is 16.4. The highest BCUT2D eigenvalue weighted by Gasteiger charge is 2.19. The second-order valence-corrected chi connectivity index (χ2v) is 7.67. The van der Waals surface area contributed by atoms with Crippen molar-refractivity contribution in [3.8, 4) is 0 Å². The van der Waals surface area contributed by atoms with Gasteiger partial charge in [-0.3, -0.25) is 9.48 Å². The molecule has 28 heavy (non-hydrogen) atoms. The van der Waals surface area contributed by atoms with Crippen molar-refractivity contribution in [2.24, 2.45) is 0 Å². The van der Waals surface area contributed by atoms with E-state index >= 15 is 0 Å². The Morgan fingerprint density at radius 3 is 2.82 bits per heavy atom. The first-order valence-corrected chi connectivity index (χ1v) is 10.1. The Morgan fingerprint density at radius 1 is 1.25 bits per heavy atom. The van der Waals surface area contributed by atoms with Crippen molar-refractivity contribution < 1.29 is 4.79 Å². The quantitative estimate of drug-likeness (QED) is 0.803. The summed E-state index contributed by atoms with van der Waals surface area (Å²) in [4.78, 5) is 15.1. The molecule has 3 heterocycles. The van der Waals surface area contributed by atoms with E-state index < -0.39 is 0 Å². The van der Waals surface area contributed by atoms with E-state index in [1.165, 1.54) is 18.5 Å². The summed E-state index contributed by atoms with van der Waals surface area (Å²) in [6.45, 7) is 6.26. The van der Waals surface area contributed by atoms with Crippen LogP contribution in [0.1, 0.15) is 60.7 Å². The van der Waals surface area contributed by atoms with Crippen molar-refractivity contribution >= 4 is 24.0 Å². The molecular weight excluding hydrogens is 374 g/mol. The van der Waals surface area contributed by atoms with Gasteiger partial charge in [0.2, 0.25) is 0 Å². The maximum atomic E-state index is 12.7. The minimum Gasteiger partial charge on any atom is -0.372 e. The van der Waals surface area contributed by atoms with Crippen molar-refractivity contribution in [1.82, 2.24) is 20.4 Å². The van der Waals surface area contributed by atoms with Crippen LogP contribution in [-0.2, 0) is 0 Å². The van der Waals surface area contributed by atoms with Gasteiger partial charge in [0.25, 0.3) is 5.91 Å². The molecule has 1 amide bonds. The Hall–Kier alpha value is -2.05. The van der Waals surface area contributed by atoms with Crippen molar-refractivity contribution in [2.45, 2.75) is 44.7 Å². The maximum absolute atomic E-state index is 12.7. The number of amides is 1. The molecule has 6 nitrogen and oxygen atoms in total. The summed E-state index contributed by atoms with van der Waals surface area (Å²) in [5.74, 6) is -0.114. The molecule has 1 aromatic heterocycles. The third-order valence-electron chi connectivity index (χ3n) is 5.67. The van der Waals surface area contributed by atoms with E-state index in [2.05, 4.69) is 44.9 Å². The van der Waals surface area contributed by atoms with Gasteiger partial charge in [0.15, 0.2) is 0 Å². The average Bonchev–Trinajstić information content (AvgIpc) is 3.41. The number of anilines is 1. The molecule has 0 bridgehead atoms. The van der Waals surface area contributed by atoms with Crippen LogP contribution in [0, 0.1) is 0 Å². The van der Waals surface area contributed by atoms with Gasteiger partial charge in [0.05, 0.1) is 12.1 Å². The van der Waals surface area contributed by atoms with Gasteiger partial charge in [-0.15, -0.1) is 12.4 Å². The summed E-state index contributed by atoms with van der Waals surface area (Å²) < 4.78 is 1.93. The molecule has 2 aliphatic heterocycles. The normalized spacial score (nSPS) is 20.5. The fraction of sp³-hybridized carbons (Fsp3) is 0.524. The maximum Gasteiger partial charge on any atom is 0.272 e. The fourth-order valence-corrected chi connectivity index (χ4v) is 4.04. The first-order chi connectivity index (χ1) is 13.2. The summed E-state index contributed by atoms with van der Waals surface area (Å²) in [5, 5.41) is 11.0. The van der Waals surface area contributed by atoms with Crippen LogP contribution in [0.2, 0.25) is 0 Å². The number of carbonyl (C=O) groups excluding carboxylic acids is 1. The molecular formula is C21H30ClN5O. The minimum absolute atomic E-state index is 0. The van der Waals surface area contributed by atoms with E-state index in [4.69, 9.17) is 0 Å². The highest BCUT2D eigenvalue weighted by Crippen LogP contribution is 2.24. The molecule has 2 N–H and O–H groups in total. The Labute approximate surface area is 173 Å². The molecule has 2 unspecified atom stereocenters. The van der Waals surface area contributed by atoms with Crippen LogP contribution >= 0.6 is 12.4 Å². The molecule has 152 valence electrons. The zero-order valence-corrected chi connectivity index (χ0v) is 17.3. The van der Waals surface area contributed by atoms with Crippen molar-refractivity contribution in [3.63, 3.8) is 0 Å². The lowest BCUT2D eigenvalue weighted by atomic mass is 10.1. The van der Waals surface area contributed by atoms with E-state index in [9.17, 15) is 4.79 Å². The number of hydrogen-bond acceptors (Lipinski definition) is 4.